The number of guanidine groups is 1. The van der Waals surface area contributed by atoms with Crippen molar-refractivity contribution in [3.8, 4) is 0 Å². The van der Waals surface area contributed by atoms with E-state index in [1.807, 2.05) is 32.0 Å². The van der Waals surface area contributed by atoms with Gasteiger partial charge in [0.05, 0.1) is 11.5 Å². The first-order valence-electron chi connectivity index (χ1n) is 13.6. The minimum Gasteiger partial charge on any atom is -0.445 e. The molecule has 0 spiro atoms. The molecule has 0 unspecified atom stereocenters. The maximum atomic E-state index is 13.0. The molecule has 0 bridgehead atoms. The van der Waals surface area contributed by atoms with Crippen molar-refractivity contribution in [3.63, 3.8) is 0 Å². The average molecular weight is 599 g/mol. The zero-order valence-corrected chi connectivity index (χ0v) is 24.1. The molecular formula is C28H38N8O7. The molecule has 0 aliphatic rings. The Morgan fingerprint density at radius 3 is 2.23 bits per heavy atom. The number of nitro groups is 1. The van der Waals surface area contributed by atoms with Crippen LogP contribution in [0.5, 0.6) is 0 Å². The molecule has 15 nitrogen and oxygen atoms in total. The van der Waals surface area contributed by atoms with Crippen LogP contribution in [0, 0.1) is 16.0 Å². The first-order chi connectivity index (χ1) is 20.4. The summed E-state index contributed by atoms with van der Waals surface area (Å²) in [4.78, 5) is 65.1. The van der Waals surface area contributed by atoms with Gasteiger partial charge in [-0.05, 0) is 42.9 Å². The SMILES string of the molecule is CC(C)C[C@@H](NC(=O)OCc1ccccc1)C(=O)NCC(=O)N[C@@H](CCCN=C(N)N)C(=O)Nc1ccc([N+](=O)[O-])cc1. The van der Waals surface area contributed by atoms with Gasteiger partial charge < -0.3 is 37.5 Å². The van der Waals surface area contributed by atoms with Gasteiger partial charge in [0.2, 0.25) is 17.7 Å². The number of rotatable bonds is 16. The molecule has 0 aliphatic heterocycles. The lowest BCUT2D eigenvalue weighted by atomic mass is 10.0. The van der Waals surface area contributed by atoms with E-state index in [0.29, 0.717) is 12.8 Å². The summed E-state index contributed by atoms with van der Waals surface area (Å²) in [6.45, 7) is 3.51. The molecule has 15 heteroatoms. The Hall–Kier alpha value is -5.21. The van der Waals surface area contributed by atoms with E-state index in [0.717, 1.165) is 5.56 Å². The number of nitrogens with two attached hydrogens (primary N) is 2. The summed E-state index contributed by atoms with van der Waals surface area (Å²) in [7, 11) is 0. The molecule has 2 rings (SSSR count). The lowest BCUT2D eigenvalue weighted by molar-refractivity contribution is -0.384. The molecule has 0 radical (unpaired) electrons. The third kappa shape index (κ3) is 13.3. The standard InChI is InChI=1S/C28H38N8O7/c1-18(2)15-23(35-28(40)43-17-19-7-4-3-5-8-19)25(38)32-16-24(37)34-22(9-6-14-31-27(29)30)26(39)33-20-10-12-21(13-11-20)36(41)42/h3-5,7-8,10-13,18,22-23H,6,9,14-17H2,1-2H3,(H,32,38)(H,33,39)(H,34,37)(H,35,40)(H4,29,30,31)/t22-,23+/m0/s1. The molecule has 0 aromatic heterocycles. The molecule has 0 saturated heterocycles. The van der Waals surface area contributed by atoms with Gasteiger partial charge in [-0.15, -0.1) is 0 Å². The van der Waals surface area contributed by atoms with Crippen LogP contribution < -0.4 is 32.7 Å². The van der Waals surface area contributed by atoms with Crippen molar-refractivity contribution in [3.05, 3.63) is 70.3 Å². The molecular weight excluding hydrogens is 560 g/mol. The fraction of sp³-hybridized carbons (Fsp3) is 0.393. The highest BCUT2D eigenvalue weighted by molar-refractivity contribution is 5.98. The van der Waals surface area contributed by atoms with Crippen molar-refractivity contribution in [1.82, 2.24) is 16.0 Å². The number of nitrogens with zero attached hydrogens (tertiary/aromatic N) is 2. The lowest BCUT2D eigenvalue weighted by Gasteiger charge is -2.21. The number of amides is 4. The topological polar surface area (TPSA) is 233 Å². The van der Waals surface area contributed by atoms with Gasteiger partial charge in [-0.25, -0.2) is 4.79 Å². The Bertz CT molecular complexity index is 1270. The summed E-state index contributed by atoms with van der Waals surface area (Å²) >= 11 is 0. The van der Waals surface area contributed by atoms with Crippen LogP contribution in [0.15, 0.2) is 59.6 Å². The van der Waals surface area contributed by atoms with E-state index in [-0.39, 0.29) is 42.8 Å². The third-order valence-electron chi connectivity index (χ3n) is 5.89. The highest BCUT2D eigenvalue weighted by Gasteiger charge is 2.25. The van der Waals surface area contributed by atoms with Crippen molar-refractivity contribution in [2.45, 2.75) is 51.8 Å². The zero-order valence-electron chi connectivity index (χ0n) is 24.1. The van der Waals surface area contributed by atoms with Crippen LogP contribution in [0.25, 0.3) is 0 Å². The fourth-order valence-corrected chi connectivity index (χ4v) is 3.81. The summed E-state index contributed by atoms with van der Waals surface area (Å²) in [6.07, 6.45) is 0.00534. The van der Waals surface area contributed by atoms with Gasteiger partial charge in [0.25, 0.3) is 5.69 Å². The van der Waals surface area contributed by atoms with Gasteiger partial charge >= 0.3 is 6.09 Å². The predicted molar refractivity (Wildman–Crippen MR) is 160 cm³/mol. The maximum Gasteiger partial charge on any atom is 0.408 e. The summed E-state index contributed by atoms with van der Waals surface area (Å²) in [6, 6.07) is 12.2. The number of hydrogen-bond donors (Lipinski definition) is 6. The zero-order chi connectivity index (χ0) is 31.8. The molecule has 0 heterocycles. The van der Waals surface area contributed by atoms with Gasteiger partial charge in [-0.2, -0.15) is 0 Å². The largest absolute Gasteiger partial charge is 0.445 e. The van der Waals surface area contributed by atoms with Crippen LogP contribution in [0.3, 0.4) is 0 Å². The van der Waals surface area contributed by atoms with Crippen LogP contribution >= 0.6 is 0 Å². The molecule has 0 fully saturated rings. The first-order valence-corrected chi connectivity index (χ1v) is 13.6. The molecule has 8 N–H and O–H groups in total. The molecule has 43 heavy (non-hydrogen) atoms. The second-order valence-corrected chi connectivity index (χ2v) is 9.97. The second kappa shape index (κ2) is 17.6. The first kappa shape index (κ1) is 34.0. The summed E-state index contributed by atoms with van der Waals surface area (Å²) in [5, 5.41) is 21.1. The van der Waals surface area contributed by atoms with E-state index in [2.05, 4.69) is 26.3 Å². The Morgan fingerprint density at radius 1 is 0.953 bits per heavy atom. The van der Waals surface area contributed by atoms with E-state index in [1.54, 1.807) is 12.1 Å². The van der Waals surface area contributed by atoms with Gasteiger partial charge in [0, 0.05) is 24.4 Å². The van der Waals surface area contributed by atoms with Crippen molar-refractivity contribution >= 4 is 41.1 Å². The van der Waals surface area contributed by atoms with Crippen LogP contribution in [-0.4, -0.2) is 59.9 Å². The number of hydrogen-bond acceptors (Lipinski definition) is 8. The number of carbonyl (C=O) groups excluding carboxylic acids is 4. The number of alkyl carbamates (subject to hydrolysis) is 1. The number of carbonyl (C=O) groups is 4. The number of anilines is 1. The molecule has 2 aromatic rings. The molecule has 0 saturated carbocycles. The number of non-ortho nitro benzene ring substituents is 1. The van der Waals surface area contributed by atoms with E-state index < -0.39 is 47.4 Å². The fourth-order valence-electron chi connectivity index (χ4n) is 3.81. The second-order valence-electron chi connectivity index (χ2n) is 9.97. The molecule has 2 atom stereocenters. The Kier molecular flexibility index (Phi) is 13.9. The summed E-state index contributed by atoms with van der Waals surface area (Å²) in [5.74, 6) is -1.92. The third-order valence-corrected chi connectivity index (χ3v) is 5.89. The van der Waals surface area contributed by atoms with Crippen molar-refractivity contribution in [2.24, 2.45) is 22.4 Å². The predicted octanol–water partition coefficient (Wildman–Crippen LogP) is 1.53. The summed E-state index contributed by atoms with van der Waals surface area (Å²) in [5.41, 5.74) is 11.6. The normalized spacial score (nSPS) is 11.9. The number of nitro benzene ring substituents is 1. The molecule has 2 aromatic carbocycles. The number of nitrogens with one attached hydrogen (secondary N) is 4. The minimum atomic E-state index is -1.04. The van der Waals surface area contributed by atoms with Gasteiger partial charge in [-0.1, -0.05) is 44.2 Å². The monoisotopic (exact) mass is 598 g/mol. The van der Waals surface area contributed by atoms with Gasteiger partial charge in [0.1, 0.15) is 18.7 Å². The highest BCUT2D eigenvalue weighted by Crippen LogP contribution is 2.16. The van der Waals surface area contributed by atoms with E-state index >= 15 is 0 Å². The lowest BCUT2D eigenvalue weighted by Crippen LogP contribution is -2.51. The van der Waals surface area contributed by atoms with Crippen LogP contribution in [0.2, 0.25) is 0 Å². The van der Waals surface area contributed by atoms with Crippen molar-refractivity contribution in [2.75, 3.05) is 18.4 Å². The number of benzene rings is 2. The highest BCUT2D eigenvalue weighted by atomic mass is 16.6. The average Bonchev–Trinajstić information content (AvgIpc) is 2.96. The van der Waals surface area contributed by atoms with E-state index in [4.69, 9.17) is 16.2 Å². The van der Waals surface area contributed by atoms with Gasteiger partial charge in [-0.3, -0.25) is 29.5 Å². The van der Waals surface area contributed by atoms with Crippen molar-refractivity contribution in [1.29, 1.82) is 0 Å². The minimum absolute atomic E-state index is 0.0254. The van der Waals surface area contributed by atoms with Crippen molar-refractivity contribution < 1.29 is 28.8 Å². The van der Waals surface area contributed by atoms with Crippen LogP contribution in [-0.2, 0) is 25.7 Å². The number of aliphatic imine (C=N–C) groups is 1. The Labute approximate surface area is 249 Å². The maximum absolute atomic E-state index is 13.0. The number of ether oxygens (including phenoxy) is 1. The van der Waals surface area contributed by atoms with Gasteiger partial charge in [0.15, 0.2) is 5.96 Å². The molecule has 0 aliphatic carbocycles. The quantitative estimate of drug-likeness (QED) is 0.0539. The van der Waals surface area contributed by atoms with E-state index in [1.165, 1.54) is 24.3 Å². The Morgan fingerprint density at radius 2 is 1.63 bits per heavy atom. The smallest absolute Gasteiger partial charge is 0.408 e. The van der Waals surface area contributed by atoms with Crippen LogP contribution in [0.1, 0.15) is 38.7 Å². The van der Waals surface area contributed by atoms with Crippen LogP contribution in [0.4, 0.5) is 16.2 Å². The summed E-state index contributed by atoms with van der Waals surface area (Å²) < 4.78 is 5.21. The molecule has 232 valence electrons. The Balaban J connectivity index is 1.97. The molecule has 4 amide bonds. The van der Waals surface area contributed by atoms with E-state index in [9.17, 15) is 29.3 Å².